The van der Waals surface area contributed by atoms with Gasteiger partial charge in [-0.25, -0.2) is 14.2 Å². The first-order valence-electron chi connectivity index (χ1n) is 7.38. The summed E-state index contributed by atoms with van der Waals surface area (Å²) in [6.45, 7) is 7.51. The van der Waals surface area contributed by atoms with Gasteiger partial charge in [0.25, 0.3) is 0 Å². The quantitative estimate of drug-likeness (QED) is 0.676. The second kappa shape index (κ2) is 8.41. The monoisotopic (exact) mass is 340 g/mol. The second-order valence-electron chi connectivity index (χ2n) is 5.84. The Morgan fingerprint density at radius 2 is 1.88 bits per heavy atom. The number of benzene rings is 1. The summed E-state index contributed by atoms with van der Waals surface area (Å²) in [6, 6.07) is 6.94. The number of aromatic amines is 1. The minimum absolute atomic E-state index is 0. The maximum atomic E-state index is 12.3. The molecular weight excluding hydrogens is 319 g/mol. The van der Waals surface area contributed by atoms with Crippen LogP contribution in [0.3, 0.4) is 0 Å². The van der Waals surface area contributed by atoms with Crippen LogP contribution in [0.2, 0.25) is 0 Å². The Morgan fingerprint density at radius 1 is 1.29 bits per heavy atom. The third-order valence-electron chi connectivity index (χ3n) is 3.29. The predicted octanol–water partition coefficient (Wildman–Crippen LogP) is -1.65. The smallest absolute Gasteiger partial charge is 1.00 e. The fourth-order valence-corrected chi connectivity index (χ4v) is 2.19. The molecule has 124 valence electrons. The van der Waals surface area contributed by atoms with Crippen LogP contribution in [0.5, 0.6) is 0 Å². The summed E-state index contributed by atoms with van der Waals surface area (Å²) in [5.41, 5.74) is 0.100. The van der Waals surface area contributed by atoms with Gasteiger partial charge in [-0.3, -0.25) is 14.7 Å². The molecule has 0 saturated heterocycles. The van der Waals surface area contributed by atoms with Crippen molar-refractivity contribution in [2.24, 2.45) is 5.92 Å². The molecule has 7 nitrogen and oxygen atoms in total. The van der Waals surface area contributed by atoms with Crippen molar-refractivity contribution in [2.75, 3.05) is 11.4 Å². The molecular formula is C16H21N4NaO3. The Morgan fingerprint density at radius 3 is 2.33 bits per heavy atom. The molecule has 0 aliphatic rings. The Labute approximate surface area is 163 Å². The molecule has 1 aromatic carbocycles. The average Bonchev–Trinajstić information content (AvgIpc) is 2.45. The molecule has 0 spiro atoms. The minimum atomic E-state index is -0.720. The Kier molecular flexibility index (Phi) is 7.13. The Balaban J connectivity index is 0.00000288. The third kappa shape index (κ3) is 4.66. The molecule has 1 amide bonds. The number of amides is 1. The van der Waals surface area contributed by atoms with E-state index < -0.39 is 11.4 Å². The van der Waals surface area contributed by atoms with Gasteiger partial charge in [0.15, 0.2) is 0 Å². The molecule has 0 atom stereocenters. The summed E-state index contributed by atoms with van der Waals surface area (Å²) >= 11 is 0. The number of aromatic nitrogens is 3. The van der Waals surface area contributed by atoms with E-state index in [1.807, 2.05) is 20.8 Å². The van der Waals surface area contributed by atoms with Crippen molar-refractivity contribution in [3.05, 3.63) is 50.8 Å². The maximum absolute atomic E-state index is 12.3. The standard InChI is InChI=1S/C16H20N4O3.Na.H/c1-10(2)9-19(12(4)21)14-17-15(22)20(16(23)18-14)13-7-5-11(3)6-8-13;;/h5-8,10H,9H2,1-4H3,(H,17,18,22,23);;/q;+1;-1. The maximum Gasteiger partial charge on any atom is 1.00 e. The van der Waals surface area contributed by atoms with Crippen LogP contribution in [0.25, 0.3) is 5.69 Å². The average molecular weight is 340 g/mol. The molecule has 1 heterocycles. The molecule has 0 aliphatic carbocycles. The van der Waals surface area contributed by atoms with E-state index in [1.165, 1.54) is 11.8 Å². The number of carbonyl (C=O) groups is 1. The van der Waals surface area contributed by atoms with E-state index in [2.05, 4.69) is 9.97 Å². The zero-order chi connectivity index (χ0) is 17.1. The van der Waals surface area contributed by atoms with Crippen molar-refractivity contribution in [1.29, 1.82) is 0 Å². The molecule has 1 aromatic heterocycles. The molecule has 0 fully saturated rings. The number of hydrogen-bond acceptors (Lipinski definition) is 4. The van der Waals surface area contributed by atoms with Gasteiger partial charge in [0.1, 0.15) is 0 Å². The van der Waals surface area contributed by atoms with Gasteiger partial charge in [0, 0.05) is 13.5 Å². The first-order chi connectivity index (χ1) is 10.8. The summed E-state index contributed by atoms with van der Waals surface area (Å²) in [6.07, 6.45) is 0. The van der Waals surface area contributed by atoms with Crippen molar-refractivity contribution in [1.82, 2.24) is 14.5 Å². The zero-order valence-electron chi connectivity index (χ0n) is 15.7. The molecule has 0 radical (unpaired) electrons. The van der Waals surface area contributed by atoms with Crippen LogP contribution in [0, 0.1) is 12.8 Å². The molecule has 1 N–H and O–H groups in total. The number of carbonyl (C=O) groups excluding carboxylic acids is 1. The van der Waals surface area contributed by atoms with E-state index in [0.29, 0.717) is 12.2 Å². The summed E-state index contributed by atoms with van der Waals surface area (Å²) in [4.78, 5) is 44.0. The van der Waals surface area contributed by atoms with Gasteiger partial charge < -0.3 is 1.43 Å². The molecule has 8 heteroatoms. The van der Waals surface area contributed by atoms with Gasteiger partial charge in [-0.05, 0) is 25.0 Å². The second-order valence-corrected chi connectivity index (χ2v) is 5.84. The first kappa shape index (κ1) is 20.3. The molecule has 0 aliphatic heterocycles. The van der Waals surface area contributed by atoms with E-state index in [1.54, 1.807) is 24.3 Å². The van der Waals surface area contributed by atoms with E-state index in [9.17, 15) is 14.4 Å². The van der Waals surface area contributed by atoms with Crippen LogP contribution in [-0.4, -0.2) is 27.0 Å². The van der Waals surface area contributed by atoms with Crippen LogP contribution < -0.4 is 45.8 Å². The fourth-order valence-electron chi connectivity index (χ4n) is 2.19. The normalized spacial score (nSPS) is 10.4. The zero-order valence-corrected chi connectivity index (χ0v) is 16.7. The number of hydrogen-bond donors (Lipinski definition) is 1. The topological polar surface area (TPSA) is 88.1 Å². The van der Waals surface area contributed by atoms with Crippen LogP contribution in [0.15, 0.2) is 33.9 Å². The van der Waals surface area contributed by atoms with Crippen LogP contribution in [0.1, 0.15) is 27.8 Å². The van der Waals surface area contributed by atoms with E-state index in [0.717, 1.165) is 10.1 Å². The number of anilines is 1. The van der Waals surface area contributed by atoms with Crippen molar-refractivity contribution in [3.63, 3.8) is 0 Å². The van der Waals surface area contributed by atoms with E-state index in [4.69, 9.17) is 0 Å². The van der Waals surface area contributed by atoms with Gasteiger partial charge in [-0.1, -0.05) is 31.5 Å². The number of H-pyrrole nitrogens is 1. The summed E-state index contributed by atoms with van der Waals surface area (Å²) < 4.78 is 0.941. The van der Waals surface area contributed by atoms with Gasteiger partial charge in [0.05, 0.1) is 5.69 Å². The van der Waals surface area contributed by atoms with Crippen molar-refractivity contribution in [3.8, 4) is 5.69 Å². The first-order valence-corrected chi connectivity index (χ1v) is 7.38. The van der Waals surface area contributed by atoms with Crippen molar-refractivity contribution in [2.45, 2.75) is 27.7 Å². The SMILES string of the molecule is CC(=O)N(CC(C)C)c1nc(=O)n(-c2ccc(C)cc2)c(=O)[nH]1.[H-].[Na+]. The van der Waals surface area contributed by atoms with Gasteiger partial charge in [0.2, 0.25) is 11.9 Å². The third-order valence-corrected chi connectivity index (χ3v) is 3.29. The van der Waals surface area contributed by atoms with Gasteiger partial charge in [-0.2, -0.15) is 4.98 Å². The van der Waals surface area contributed by atoms with E-state index >= 15 is 0 Å². The molecule has 0 unspecified atom stereocenters. The molecule has 0 saturated carbocycles. The predicted molar refractivity (Wildman–Crippen MR) is 89.2 cm³/mol. The van der Waals surface area contributed by atoms with E-state index in [-0.39, 0.29) is 48.8 Å². The van der Waals surface area contributed by atoms with Crippen LogP contribution in [0.4, 0.5) is 5.95 Å². The molecule has 0 bridgehead atoms. The summed E-state index contributed by atoms with van der Waals surface area (Å²) in [7, 11) is 0. The van der Waals surface area contributed by atoms with Gasteiger partial charge >= 0.3 is 40.9 Å². The Hall–Kier alpha value is -1.70. The molecule has 2 aromatic rings. The summed E-state index contributed by atoms with van der Waals surface area (Å²) in [5.74, 6) is -0.136. The van der Waals surface area contributed by atoms with Crippen LogP contribution >= 0.6 is 0 Å². The molecule has 2 rings (SSSR count). The number of rotatable bonds is 4. The largest absolute Gasteiger partial charge is 1.00 e. The van der Waals surface area contributed by atoms with Crippen molar-refractivity contribution >= 4 is 11.9 Å². The number of nitrogens with one attached hydrogen (secondary N) is 1. The molecule has 24 heavy (non-hydrogen) atoms. The van der Waals surface area contributed by atoms with Gasteiger partial charge in [-0.15, -0.1) is 0 Å². The van der Waals surface area contributed by atoms with Crippen LogP contribution in [-0.2, 0) is 4.79 Å². The Bertz CT molecular complexity index is 799. The summed E-state index contributed by atoms with van der Waals surface area (Å²) in [5, 5.41) is 0. The number of nitrogens with zero attached hydrogens (tertiary/aromatic N) is 3. The fraction of sp³-hybridized carbons (Fsp3) is 0.375. The van der Waals surface area contributed by atoms with Crippen molar-refractivity contribution < 1.29 is 35.8 Å². The minimum Gasteiger partial charge on any atom is -1.00 e. The number of aryl methyl sites for hydroxylation is 1.